The van der Waals surface area contributed by atoms with Gasteiger partial charge in [0.2, 0.25) is 0 Å². The number of hydrogen-bond acceptors (Lipinski definition) is 4. The minimum atomic E-state index is 0.783. The van der Waals surface area contributed by atoms with E-state index >= 15 is 0 Å². The Balaban J connectivity index is 1.25. The molecule has 0 unspecified atom stereocenters. The van der Waals surface area contributed by atoms with Gasteiger partial charge in [0.25, 0.3) is 0 Å². The molecule has 0 radical (unpaired) electrons. The van der Waals surface area contributed by atoms with Gasteiger partial charge in [0.15, 0.2) is 0 Å². The molecule has 2 aromatic carbocycles. The smallest absolute Gasteiger partial charge is 0.122 e. The Kier molecular flexibility index (Phi) is 6.70. The van der Waals surface area contributed by atoms with Gasteiger partial charge in [-0.15, -0.1) is 0 Å². The van der Waals surface area contributed by atoms with E-state index in [9.17, 15) is 0 Å². The van der Waals surface area contributed by atoms with Gasteiger partial charge in [0, 0.05) is 24.4 Å². The van der Waals surface area contributed by atoms with Crippen molar-refractivity contribution in [1.29, 1.82) is 0 Å². The van der Waals surface area contributed by atoms with Gasteiger partial charge in [-0.2, -0.15) is 5.10 Å². The largest absolute Gasteiger partial charge is 0.497 e. The van der Waals surface area contributed by atoms with Crippen molar-refractivity contribution < 1.29 is 9.47 Å². The monoisotopic (exact) mass is 405 g/mol. The van der Waals surface area contributed by atoms with Crippen molar-refractivity contribution in [2.24, 2.45) is 5.92 Å². The molecule has 158 valence electrons. The first kappa shape index (κ1) is 20.5. The van der Waals surface area contributed by atoms with Gasteiger partial charge >= 0.3 is 0 Å². The molecule has 5 nitrogen and oxygen atoms in total. The Labute approximate surface area is 179 Å². The molecular weight excluding hydrogens is 374 g/mol. The summed E-state index contributed by atoms with van der Waals surface area (Å²) in [5.41, 5.74) is 3.68. The average Bonchev–Trinajstić information content (AvgIpc) is 3.27. The summed E-state index contributed by atoms with van der Waals surface area (Å²) in [4.78, 5) is 2.55. The zero-order chi connectivity index (χ0) is 20.8. The Morgan fingerprint density at radius 3 is 2.30 bits per heavy atom. The van der Waals surface area contributed by atoms with Crippen LogP contribution < -0.4 is 9.47 Å². The molecule has 0 atom stereocenters. The SMILES string of the molecule is COc1cc(CCC2CCN(Cc3cnn(-c4ccccc4)c3)CC2)cc(OC)c1. The molecule has 1 aromatic heterocycles. The second-order valence-electron chi connectivity index (χ2n) is 8.11. The third kappa shape index (κ3) is 5.22. The molecule has 1 saturated heterocycles. The summed E-state index contributed by atoms with van der Waals surface area (Å²) < 4.78 is 12.8. The predicted molar refractivity (Wildman–Crippen MR) is 119 cm³/mol. The van der Waals surface area contributed by atoms with Crippen LogP contribution in [0.5, 0.6) is 11.5 Å². The van der Waals surface area contributed by atoms with Crippen LogP contribution in [0.4, 0.5) is 0 Å². The molecular formula is C25H31N3O2. The Morgan fingerprint density at radius 1 is 0.933 bits per heavy atom. The number of rotatable bonds is 8. The average molecular weight is 406 g/mol. The Hall–Kier alpha value is -2.79. The van der Waals surface area contributed by atoms with Gasteiger partial charge < -0.3 is 9.47 Å². The van der Waals surface area contributed by atoms with E-state index in [1.165, 1.54) is 30.4 Å². The standard InChI is InChI=1S/C25H31N3O2/c1-29-24-14-21(15-25(16-24)30-2)9-8-20-10-12-27(13-11-20)18-22-17-26-28(19-22)23-6-4-3-5-7-23/h3-7,14-17,19-20H,8-13,18H2,1-2H3. The molecule has 0 aliphatic carbocycles. The van der Waals surface area contributed by atoms with Crippen molar-refractivity contribution in [2.75, 3.05) is 27.3 Å². The number of para-hydroxylation sites is 1. The van der Waals surface area contributed by atoms with Gasteiger partial charge in [-0.05, 0) is 74.5 Å². The topological polar surface area (TPSA) is 39.5 Å². The van der Waals surface area contributed by atoms with Crippen molar-refractivity contribution in [3.05, 3.63) is 72.1 Å². The lowest BCUT2D eigenvalue weighted by molar-refractivity contribution is 0.172. The van der Waals surface area contributed by atoms with Crippen LogP contribution in [-0.4, -0.2) is 42.0 Å². The predicted octanol–water partition coefficient (Wildman–Crippen LogP) is 4.73. The molecule has 30 heavy (non-hydrogen) atoms. The number of piperidine rings is 1. The quantitative estimate of drug-likeness (QED) is 0.543. The van der Waals surface area contributed by atoms with E-state index in [0.717, 1.165) is 49.2 Å². The van der Waals surface area contributed by atoms with Crippen LogP contribution in [0.3, 0.4) is 0 Å². The van der Waals surface area contributed by atoms with Crippen LogP contribution in [0.1, 0.15) is 30.4 Å². The normalized spacial score (nSPS) is 15.3. The Bertz CT molecular complexity index is 908. The van der Waals surface area contributed by atoms with Gasteiger partial charge in [-0.3, -0.25) is 4.90 Å². The Morgan fingerprint density at radius 2 is 1.63 bits per heavy atom. The molecule has 2 heterocycles. The van der Waals surface area contributed by atoms with Crippen molar-refractivity contribution in [3.8, 4) is 17.2 Å². The van der Waals surface area contributed by atoms with Crippen LogP contribution in [0.15, 0.2) is 60.9 Å². The van der Waals surface area contributed by atoms with E-state index in [-0.39, 0.29) is 0 Å². The molecule has 0 saturated carbocycles. The fourth-order valence-electron chi connectivity index (χ4n) is 4.24. The minimum absolute atomic E-state index is 0.783. The van der Waals surface area contributed by atoms with Gasteiger partial charge in [-0.25, -0.2) is 4.68 Å². The highest BCUT2D eigenvalue weighted by atomic mass is 16.5. The van der Waals surface area contributed by atoms with E-state index in [1.54, 1.807) is 14.2 Å². The van der Waals surface area contributed by atoms with Crippen molar-refractivity contribution in [2.45, 2.75) is 32.2 Å². The van der Waals surface area contributed by atoms with E-state index in [0.29, 0.717) is 0 Å². The molecule has 1 aliphatic heterocycles. The molecule has 0 N–H and O–H groups in total. The first-order chi connectivity index (χ1) is 14.7. The zero-order valence-electron chi connectivity index (χ0n) is 18.0. The van der Waals surface area contributed by atoms with Gasteiger partial charge in [0.1, 0.15) is 11.5 Å². The van der Waals surface area contributed by atoms with Gasteiger partial charge in [0.05, 0.1) is 26.1 Å². The number of hydrogen-bond donors (Lipinski definition) is 0. The number of methoxy groups -OCH3 is 2. The van der Waals surface area contributed by atoms with Crippen molar-refractivity contribution >= 4 is 0 Å². The van der Waals surface area contributed by atoms with E-state index in [2.05, 4.69) is 40.5 Å². The van der Waals surface area contributed by atoms with E-state index in [4.69, 9.17) is 9.47 Å². The molecule has 0 amide bonds. The van der Waals surface area contributed by atoms with E-state index in [1.807, 2.05) is 35.1 Å². The summed E-state index contributed by atoms with van der Waals surface area (Å²) in [7, 11) is 3.41. The number of nitrogens with zero attached hydrogens (tertiary/aromatic N) is 3. The lowest BCUT2D eigenvalue weighted by atomic mass is 9.90. The second-order valence-corrected chi connectivity index (χ2v) is 8.11. The molecule has 5 heteroatoms. The van der Waals surface area contributed by atoms with Crippen LogP contribution >= 0.6 is 0 Å². The number of aryl methyl sites for hydroxylation is 1. The molecule has 0 spiro atoms. The fourth-order valence-corrected chi connectivity index (χ4v) is 4.24. The lowest BCUT2D eigenvalue weighted by Crippen LogP contribution is -2.33. The van der Waals surface area contributed by atoms with Crippen molar-refractivity contribution in [1.82, 2.24) is 14.7 Å². The number of benzene rings is 2. The maximum absolute atomic E-state index is 5.40. The summed E-state index contributed by atoms with van der Waals surface area (Å²) >= 11 is 0. The molecule has 4 rings (SSSR count). The first-order valence-corrected chi connectivity index (χ1v) is 10.8. The van der Waals surface area contributed by atoms with Crippen LogP contribution in [-0.2, 0) is 13.0 Å². The lowest BCUT2D eigenvalue weighted by Gasteiger charge is -2.31. The van der Waals surface area contributed by atoms with E-state index < -0.39 is 0 Å². The molecule has 3 aromatic rings. The maximum atomic E-state index is 5.40. The third-order valence-corrected chi connectivity index (χ3v) is 6.02. The molecule has 0 bridgehead atoms. The van der Waals surface area contributed by atoms with Gasteiger partial charge in [-0.1, -0.05) is 18.2 Å². The van der Waals surface area contributed by atoms with Crippen molar-refractivity contribution in [3.63, 3.8) is 0 Å². The second kappa shape index (κ2) is 9.81. The van der Waals surface area contributed by atoms with Crippen LogP contribution in [0, 0.1) is 5.92 Å². The summed E-state index contributed by atoms with van der Waals surface area (Å²) in [5.74, 6) is 2.52. The van der Waals surface area contributed by atoms with Crippen LogP contribution in [0.25, 0.3) is 5.69 Å². The highest BCUT2D eigenvalue weighted by Crippen LogP contribution is 2.27. The minimum Gasteiger partial charge on any atom is -0.497 e. The summed E-state index contributed by atoms with van der Waals surface area (Å²) in [6, 6.07) is 16.5. The number of aromatic nitrogens is 2. The summed E-state index contributed by atoms with van der Waals surface area (Å²) in [6.07, 6.45) is 8.95. The maximum Gasteiger partial charge on any atom is 0.122 e. The summed E-state index contributed by atoms with van der Waals surface area (Å²) in [6.45, 7) is 3.29. The highest BCUT2D eigenvalue weighted by molar-refractivity contribution is 5.38. The molecule has 1 fully saturated rings. The number of ether oxygens (including phenoxy) is 2. The van der Waals surface area contributed by atoms with Crippen LogP contribution in [0.2, 0.25) is 0 Å². The number of likely N-dealkylation sites (tertiary alicyclic amines) is 1. The molecule has 1 aliphatic rings. The third-order valence-electron chi connectivity index (χ3n) is 6.02. The first-order valence-electron chi connectivity index (χ1n) is 10.8. The highest BCUT2D eigenvalue weighted by Gasteiger charge is 2.20. The fraction of sp³-hybridized carbons (Fsp3) is 0.400. The summed E-state index contributed by atoms with van der Waals surface area (Å²) in [5, 5.41) is 4.53. The zero-order valence-corrected chi connectivity index (χ0v) is 18.0.